The van der Waals surface area contributed by atoms with E-state index in [4.69, 9.17) is 5.84 Å². The fourth-order valence-corrected chi connectivity index (χ4v) is 2.33. The fourth-order valence-electron chi connectivity index (χ4n) is 2.33. The molecule has 0 fully saturated rings. The van der Waals surface area contributed by atoms with Gasteiger partial charge in [0.2, 0.25) is 0 Å². The Morgan fingerprint density at radius 1 is 1.16 bits per heavy atom. The maximum atomic E-state index is 12.3. The van der Waals surface area contributed by atoms with Crippen LogP contribution in [0.4, 0.5) is 5.69 Å². The van der Waals surface area contributed by atoms with Crippen molar-refractivity contribution in [2.24, 2.45) is 16.9 Å². The van der Waals surface area contributed by atoms with Crippen molar-refractivity contribution in [3.8, 4) is 0 Å². The second-order valence-electron chi connectivity index (χ2n) is 5.44. The lowest BCUT2D eigenvalue weighted by molar-refractivity contribution is -0.141. The summed E-state index contributed by atoms with van der Waals surface area (Å²) in [5.74, 6) is 3.04. The van der Waals surface area contributed by atoms with Crippen LogP contribution in [0.25, 0.3) is 0 Å². The molecule has 2 rings (SSSR count). The van der Waals surface area contributed by atoms with E-state index in [1.165, 1.54) is 6.34 Å². The molecule has 25 heavy (non-hydrogen) atoms. The van der Waals surface area contributed by atoms with Crippen LogP contribution >= 0.6 is 0 Å². The van der Waals surface area contributed by atoms with Crippen molar-refractivity contribution in [1.82, 2.24) is 5.32 Å². The summed E-state index contributed by atoms with van der Waals surface area (Å²) < 4.78 is 0. The summed E-state index contributed by atoms with van der Waals surface area (Å²) in [6.07, 6.45) is 1.66. The number of aliphatic carboxylic acids is 1. The molecule has 0 bridgehead atoms. The first-order valence-corrected chi connectivity index (χ1v) is 7.73. The molecule has 0 aliphatic heterocycles. The van der Waals surface area contributed by atoms with Gasteiger partial charge in [-0.3, -0.25) is 9.59 Å². The van der Waals surface area contributed by atoms with Crippen molar-refractivity contribution < 1.29 is 14.7 Å². The van der Waals surface area contributed by atoms with Crippen molar-refractivity contribution >= 4 is 23.9 Å². The van der Waals surface area contributed by atoms with Crippen LogP contribution in [0.2, 0.25) is 0 Å². The van der Waals surface area contributed by atoms with Gasteiger partial charge in [-0.15, -0.1) is 0 Å². The molecular formula is C18H20N4O3. The van der Waals surface area contributed by atoms with Gasteiger partial charge in [-0.05, 0) is 30.2 Å². The van der Waals surface area contributed by atoms with Gasteiger partial charge in [-0.2, -0.15) is 5.10 Å². The number of nitrogens with zero attached hydrogens (tertiary/aromatic N) is 1. The van der Waals surface area contributed by atoms with Gasteiger partial charge >= 0.3 is 5.97 Å². The predicted octanol–water partition coefficient (Wildman–Crippen LogP) is 1.67. The highest BCUT2D eigenvalue weighted by atomic mass is 16.4. The summed E-state index contributed by atoms with van der Waals surface area (Å²) in [6, 6.07) is 16.1. The minimum atomic E-state index is -0.946. The molecule has 1 amide bonds. The molecule has 1 unspecified atom stereocenters. The van der Waals surface area contributed by atoms with Crippen LogP contribution in [0.5, 0.6) is 0 Å². The molecule has 2 aromatic carbocycles. The molecular weight excluding hydrogens is 320 g/mol. The van der Waals surface area contributed by atoms with Crippen molar-refractivity contribution in [2.75, 3.05) is 11.9 Å². The smallest absolute Gasteiger partial charge is 0.308 e. The van der Waals surface area contributed by atoms with Gasteiger partial charge in [-0.1, -0.05) is 36.4 Å². The standard InChI is InChI=1S/C18H20N4O3/c19-22-12-21-16-8-4-7-14(10-16)17(23)20-11-15(18(24)25)9-13-5-2-1-3-6-13/h1-8,10,12,15H,9,11,19H2,(H,20,23)(H,21,22)(H,24,25). The molecule has 7 nitrogen and oxygen atoms in total. The number of hydrazone groups is 1. The van der Waals surface area contributed by atoms with Gasteiger partial charge in [0.15, 0.2) is 0 Å². The zero-order valence-electron chi connectivity index (χ0n) is 13.6. The van der Waals surface area contributed by atoms with Crippen molar-refractivity contribution in [3.05, 3.63) is 65.7 Å². The largest absolute Gasteiger partial charge is 0.481 e. The van der Waals surface area contributed by atoms with Crippen molar-refractivity contribution in [1.29, 1.82) is 0 Å². The summed E-state index contributed by atoms with van der Waals surface area (Å²) in [4.78, 5) is 23.7. The minimum absolute atomic E-state index is 0.0466. The molecule has 5 N–H and O–H groups in total. The number of amides is 1. The molecule has 1 atom stereocenters. The third-order valence-corrected chi connectivity index (χ3v) is 3.61. The van der Waals surface area contributed by atoms with E-state index in [0.29, 0.717) is 17.7 Å². The van der Waals surface area contributed by atoms with E-state index in [-0.39, 0.29) is 12.5 Å². The Hall–Kier alpha value is -3.35. The van der Waals surface area contributed by atoms with Crippen LogP contribution in [0.15, 0.2) is 59.7 Å². The number of anilines is 1. The number of nitrogens with one attached hydrogen (secondary N) is 2. The second kappa shape index (κ2) is 9.07. The monoisotopic (exact) mass is 340 g/mol. The number of carboxylic acid groups (broad SMARTS) is 1. The average molecular weight is 340 g/mol. The molecule has 0 saturated carbocycles. The Balaban J connectivity index is 1.98. The first-order valence-electron chi connectivity index (χ1n) is 7.73. The van der Waals surface area contributed by atoms with Gasteiger partial charge in [0.25, 0.3) is 5.91 Å². The van der Waals surface area contributed by atoms with Crippen LogP contribution in [-0.4, -0.2) is 29.9 Å². The van der Waals surface area contributed by atoms with Gasteiger partial charge in [0, 0.05) is 17.8 Å². The van der Waals surface area contributed by atoms with E-state index in [1.807, 2.05) is 30.3 Å². The molecule has 130 valence electrons. The highest BCUT2D eigenvalue weighted by Gasteiger charge is 2.19. The molecule has 0 spiro atoms. The van der Waals surface area contributed by atoms with Crippen LogP contribution < -0.4 is 16.5 Å². The third kappa shape index (κ3) is 5.65. The van der Waals surface area contributed by atoms with E-state index in [0.717, 1.165) is 5.56 Å². The number of carbonyl (C=O) groups is 2. The Morgan fingerprint density at radius 3 is 2.60 bits per heavy atom. The maximum Gasteiger partial charge on any atom is 0.308 e. The molecule has 0 radical (unpaired) electrons. The van der Waals surface area contributed by atoms with Crippen LogP contribution in [0.3, 0.4) is 0 Å². The summed E-state index contributed by atoms with van der Waals surface area (Å²) >= 11 is 0. The summed E-state index contributed by atoms with van der Waals surface area (Å²) in [7, 11) is 0. The summed E-state index contributed by atoms with van der Waals surface area (Å²) in [6.45, 7) is 0.0466. The first kappa shape index (κ1) is 18.0. The lowest BCUT2D eigenvalue weighted by Gasteiger charge is -2.14. The molecule has 0 saturated heterocycles. The average Bonchev–Trinajstić information content (AvgIpc) is 2.64. The third-order valence-electron chi connectivity index (χ3n) is 3.61. The van der Waals surface area contributed by atoms with Crippen molar-refractivity contribution in [2.45, 2.75) is 6.42 Å². The number of hydrogen-bond donors (Lipinski definition) is 4. The minimum Gasteiger partial charge on any atom is -0.481 e. The van der Waals surface area contributed by atoms with Crippen molar-refractivity contribution in [3.63, 3.8) is 0 Å². The number of carboxylic acids is 1. The summed E-state index contributed by atoms with van der Waals surface area (Å²) in [5.41, 5.74) is 1.98. The Bertz CT molecular complexity index is 747. The topological polar surface area (TPSA) is 117 Å². The van der Waals surface area contributed by atoms with Gasteiger partial charge in [-0.25, -0.2) is 0 Å². The molecule has 0 heterocycles. The molecule has 7 heteroatoms. The Morgan fingerprint density at radius 2 is 1.92 bits per heavy atom. The first-order chi connectivity index (χ1) is 12.1. The second-order valence-corrected chi connectivity index (χ2v) is 5.44. The van der Waals surface area contributed by atoms with E-state index in [9.17, 15) is 14.7 Å². The Labute approximate surface area is 145 Å². The molecule has 0 aliphatic rings. The van der Waals surface area contributed by atoms with Crippen LogP contribution in [0.1, 0.15) is 15.9 Å². The van der Waals surface area contributed by atoms with E-state index >= 15 is 0 Å². The zero-order valence-corrected chi connectivity index (χ0v) is 13.6. The van der Waals surface area contributed by atoms with Crippen LogP contribution in [0, 0.1) is 5.92 Å². The van der Waals surface area contributed by atoms with Gasteiger partial charge < -0.3 is 21.6 Å². The fraction of sp³-hybridized carbons (Fsp3) is 0.167. The highest BCUT2D eigenvalue weighted by molar-refractivity contribution is 5.95. The number of hydrogen-bond acceptors (Lipinski definition) is 4. The quantitative estimate of drug-likeness (QED) is 0.252. The number of rotatable bonds is 8. The van der Waals surface area contributed by atoms with E-state index < -0.39 is 11.9 Å². The highest BCUT2D eigenvalue weighted by Crippen LogP contribution is 2.11. The van der Waals surface area contributed by atoms with Gasteiger partial charge in [0.1, 0.15) is 6.34 Å². The zero-order chi connectivity index (χ0) is 18.1. The SMILES string of the molecule is NN=CNc1cccc(C(=O)NCC(Cc2ccccc2)C(=O)O)c1. The lowest BCUT2D eigenvalue weighted by atomic mass is 9.99. The molecule has 0 aliphatic carbocycles. The molecule has 2 aromatic rings. The van der Waals surface area contributed by atoms with Gasteiger partial charge in [0.05, 0.1) is 5.92 Å². The predicted molar refractivity (Wildman–Crippen MR) is 96.3 cm³/mol. The maximum absolute atomic E-state index is 12.3. The van der Waals surface area contributed by atoms with E-state index in [2.05, 4.69) is 15.7 Å². The normalized spacial score (nSPS) is 11.8. The van der Waals surface area contributed by atoms with Crippen LogP contribution in [-0.2, 0) is 11.2 Å². The van der Waals surface area contributed by atoms with E-state index in [1.54, 1.807) is 24.3 Å². The lowest BCUT2D eigenvalue weighted by Crippen LogP contribution is -2.34. The number of nitrogens with two attached hydrogens (primary N) is 1. The Kier molecular flexibility index (Phi) is 6.53. The summed E-state index contributed by atoms with van der Waals surface area (Å²) in [5, 5.41) is 18.2. The molecule has 0 aromatic heterocycles. The number of benzene rings is 2. The number of carbonyl (C=O) groups excluding carboxylic acids is 1.